The molecule has 1 saturated carbocycles. The zero-order chi connectivity index (χ0) is 23.9. The number of aromatic nitrogens is 3. The Kier molecular flexibility index (Phi) is 5.94. The van der Waals surface area contributed by atoms with Gasteiger partial charge in [0.25, 0.3) is 5.56 Å². The first-order chi connectivity index (χ1) is 17.1. The maximum Gasteiger partial charge on any atom is 0.264 e. The quantitative estimate of drug-likeness (QED) is 0.588. The summed E-state index contributed by atoms with van der Waals surface area (Å²) in [4.78, 5) is 30.0. The fraction of sp³-hybridized carbons (Fsp3) is 0.519. The number of pyridine rings is 1. The van der Waals surface area contributed by atoms with E-state index < -0.39 is 0 Å². The van der Waals surface area contributed by atoms with Gasteiger partial charge < -0.3 is 19.5 Å². The van der Waals surface area contributed by atoms with Crippen LogP contribution in [0.5, 0.6) is 0 Å². The van der Waals surface area contributed by atoms with Crippen LogP contribution in [0.3, 0.4) is 0 Å². The second-order valence-corrected chi connectivity index (χ2v) is 10.3. The Morgan fingerprint density at radius 3 is 2.49 bits per heavy atom. The van der Waals surface area contributed by atoms with Gasteiger partial charge in [0.05, 0.1) is 17.5 Å². The molecule has 4 heterocycles. The van der Waals surface area contributed by atoms with Crippen LogP contribution >= 0.6 is 0 Å². The molecule has 0 spiro atoms. The van der Waals surface area contributed by atoms with Crippen molar-refractivity contribution in [2.75, 3.05) is 55.7 Å². The molecular weight excluding hydrogens is 440 g/mol. The number of piperazine rings is 1. The smallest absolute Gasteiger partial charge is 0.264 e. The van der Waals surface area contributed by atoms with E-state index in [1.807, 2.05) is 6.07 Å². The summed E-state index contributed by atoms with van der Waals surface area (Å²) in [6.07, 6.45) is 6.10. The third-order valence-electron chi connectivity index (χ3n) is 7.91. The van der Waals surface area contributed by atoms with Crippen LogP contribution in [0.4, 0.5) is 11.5 Å². The van der Waals surface area contributed by atoms with Gasteiger partial charge in [-0.15, -0.1) is 0 Å². The maximum atomic E-state index is 13.1. The van der Waals surface area contributed by atoms with E-state index in [9.17, 15) is 9.90 Å². The van der Waals surface area contributed by atoms with Gasteiger partial charge in [-0.3, -0.25) is 9.69 Å². The van der Waals surface area contributed by atoms with Crippen LogP contribution in [0, 0.1) is 5.92 Å². The standard InChI is InChI=1S/C27H34N6O2/c1-30-18-28-24-16-23(29-26(25(24)27(30)35)33-10-8-19(17-33)9-15-34)20-2-4-21(5-3-20)31-11-13-32(14-12-31)22-6-7-22/h2-5,16,18-19,22,34H,6-15,17H2,1H3. The number of aliphatic hydroxyl groups excluding tert-OH is 1. The van der Waals surface area contributed by atoms with Crippen LogP contribution in [-0.2, 0) is 7.05 Å². The van der Waals surface area contributed by atoms with Gasteiger partial charge in [0.1, 0.15) is 11.2 Å². The number of hydrogen-bond acceptors (Lipinski definition) is 7. The molecule has 3 aromatic rings. The highest BCUT2D eigenvalue weighted by Crippen LogP contribution is 2.33. The molecule has 1 aromatic carbocycles. The largest absolute Gasteiger partial charge is 0.396 e. The number of rotatable bonds is 6. The monoisotopic (exact) mass is 474 g/mol. The van der Waals surface area contributed by atoms with E-state index in [-0.39, 0.29) is 12.2 Å². The van der Waals surface area contributed by atoms with Crippen LogP contribution in [0.25, 0.3) is 22.2 Å². The third kappa shape index (κ3) is 4.41. The molecule has 1 N–H and O–H groups in total. The Morgan fingerprint density at radius 1 is 1.00 bits per heavy atom. The summed E-state index contributed by atoms with van der Waals surface area (Å²) in [6.45, 7) is 6.27. The van der Waals surface area contributed by atoms with Crippen LogP contribution in [0.15, 0.2) is 41.5 Å². The lowest BCUT2D eigenvalue weighted by atomic mass is 10.1. The van der Waals surface area contributed by atoms with E-state index in [0.29, 0.717) is 22.6 Å². The number of hydrogen-bond donors (Lipinski definition) is 1. The summed E-state index contributed by atoms with van der Waals surface area (Å²) in [5, 5.41) is 9.96. The van der Waals surface area contributed by atoms with E-state index in [0.717, 1.165) is 69.4 Å². The third-order valence-corrected chi connectivity index (χ3v) is 7.91. The normalized spacial score (nSPS) is 21.3. The van der Waals surface area contributed by atoms with Crippen LogP contribution in [0.1, 0.15) is 25.7 Å². The first-order valence-electron chi connectivity index (χ1n) is 12.9. The lowest BCUT2D eigenvalue weighted by Gasteiger charge is -2.36. The highest BCUT2D eigenvalue weighted by molar-refractivity contribution is 5.92. The molecule has 0 radical (unpaired) electrons. The fourth-order valence-corrected chi connectivity index (χ4v) is 5.65. The summed E-state index contributed by atoms with van der Waals surface area (Å²) < 4.78 is 1.52. The van der Waals surface area contributed by atoms with Crippen molar-refractivity contribution in [2.24, 2.45) is 13.0 Å². The molecule has 6 rings (SSSR count). The second-order valence-electron chi connectivity index (χ2n) is 10.3. The molecule has 8 heteroatoms. The minimum Gasteiger partial charge on any atom is -0.396 e. The molecule has 2 aromatic heterocycles. The van der Waals surface area contributed by atoms with E-state index in [1.54, 1.807) is 13.4 Å². The van der Waals surface area contributed by atoms with E-state index in [2.05, 4.69) is 43.9 Å². The number of aryl methyl sites for hydroxylation is 1. The predicted molar refractivity (Wildman–Crippen MR) is 139 cm³/mol. The Labute approximate surface area is 205 Å². The molecule has 2 aliphatic heterocycles. The molecule has 2 saturated heterocycles. The van der Waals surface area contributed by atoms with Crippen molar-refractivity contribution in [3.63, 3.8) is 0 Å². The van der Waals surface area contributed by atoms with Crippen molar-refractivity contribution in [2.45, 2.75) is 31.7 Å². The van der Waals surface area contributed by atoms with Gasteiger partial charge in [-0.1, -0.05) is 12.1 Å². The van der Waals surface area contributed by atoms with Crippen molar-refractivity contribution in [1.82, 2.24) is 19.4 Å². The highest BCUT2D eigenvalue weighted by atomic mass is 16.3. The number of fused-ring (bicyclic) bond motifs is 1. The fourth-order valence-electron chi connectivity index (χ4n) is 5.65. The Hall–Kier alpha value is -2.97. The number of aliphatic hydroxyl groups is 1. The number of anilines is 2. The molecular formula is C27H34N6O2. The van der Waals surface area contributed by atoms with Gasteiger partial charge in [-0.05, 0) is 49.8 Å². The zero-order valence-electron chi connectivity index (χ0n) is 20.4. The summed E-state index contributed by atoms with van der Waals surface area (Å²) in [6, 6.07) is 11.4. The predicted octanol–water partition coefficient (Wildman–Crippen LogP) is 2.49. The molecule has 1 unspecified atom stereocenters. The number of nitrogens with zero attached hydrogens (tertiary/aromatic N) is 6. The lowest BCUT2D eigenvalue weighted by Crippen LogP contribution is -2.47. The van der Waals surface area contributed by atoms with Crippen molar-refractivity contribution in [3.8, 4) is 11.3 Å². The molecule has 35 heavy (non-hydrogen) atoms. The maximum absolute atomic E-state index is 13.1. The Balaban J connectivity index is 1.30. The van der Waals surface area contributed by atoms with Gasteiger partial charge in [-0.2, -0.15) is 0 Å². The summed E-state index contributed by atoms with van der Waals surface area (Å²) in [5.41, 5.74) is 3.73. The lowest BCUT2D eigenvalue weighted by molar-refractivity contribution is 0.248. The summed E-state index contributed by atoms with van der Waals surface area (Å²) in [5.74, 6) is 1.13. The molecule has 3 fully saturated rings. The van der Waals surface area contributed by atoms with E-state index >= 15 is 0 Å². The first kappa shape index (κ1) is 22.5. The molecule has 3 aliphatic rings. The van der Waals surface area contributed by atoms with Crippen LogP contribution < -0.4 is 15.4 Å². The Bertz CT molecular complexity index is 1260. The van der Waals surface area contributed by atoms with Gasteiger partial charge >= 0.3 is 0 Å². The van der Waals surface area contributed by atoms with Crippen molar-refractivity contribution in [3.05, 3.63) is 47.0 Å². The van der Waals surface area contributed by atoms with Gasteiger partial charge in [0, 0.05) is 70.2 Å². The average molecular weight is 475 g/mol. The first-order valence-corrected chi connectivity index (χ1v) is 12.9. The molecule has 1 aliphatic carbocycles. The van der Waals surface area contributed by atoms with Gasteiger partial charge in [0.2, 0.25) is 0 Å². The average Bonchev–Trinajstić information content (AvgIpc) is 3.64. The molecule has 0 amide bonds. The molecule has 0 bridgehead atoms. The topological polar surface area (TPSA) is 77.7 Å². The highest BCUT2D eigenvalue weighted by Gasteiger charge is 2.31. The summed E-state index contributed by atoms with van der Waals surface area (Å²) in [7, 11) is 1.73. The summed E-state index contributed by atoms with van der Waals surface area (Å²) >= 11 is 0. The van der Waals surface area contributed by atoms with Crippen molar-refractivity contribution in [1.29, 1.82) is 0 Å². The Morgan fingerprint density at radius 2 is 1.77 bits per heavy atom. The second kappa shape index (κ2) is 9.24. The van der Waals surface area contributed by atoms with Gasteiger partial charge in [0.15, 0.2) is 0 Å². The zero-order valence-corrected chi connectivity index (χ0v) is 20.4. The van der Waals surface area contributed by atoms with E-state index in [1.165, 1.54) is 23.1 Å². The molecule has 8 nitrogen and oxygen atoms in total. The van der Waals surface area contributed by atoms with Crippen LogP contribution in [-0.4, -0.2) is 76.5 Å². The molecule has 184 valence electrons. The SMILES string of the molecule is Cn1cnc2cc(-c3ccc(N4CCN(C5CC5)CC4)cc3)nc(N3CCC(CCO)C3)c2c1=O. The minimum atomic E-state index is -0.0738. The van der Waals surface area contributed by atoms with Crippen molar-refractivity contribution >= 4 is 22.4 Å². The van der Waals surface area contributed by atoms with Crippen LogP contribution in [0.2, 0.25) is 0 Å². The van der Waals surface area contributed by atoms with E-state index in [4.69, 9.17) is 4.98 Å². The number of benzene rings is 1. The van der Waals surface area contributed by atoms with Gasteiger partial charge in [-0.25, -0.2) is 9.97 Å². The molecule has 1 atom stereocenters. The minimum absolute atomic E-state index is 0.0738. The van der Waals surface area contributed by atoms with Crippen molar-refractivity contribution < 1.29 is 5.11 Å².